The Bertz CT molecular complexity index is 502. The summed E-state index contributed by atoms with van der Waals surface area (Å²) in [4.78, 5) is 0. The van der Waals surface area contributed by atoms with E-state index < -0.39 is 42.4 Å². The standard InChI is InChI=1S/C14H26O5S2/c1-3-5-9-20(15,16)13-11-7-8-12(19-11)14(13)21(17,18)10-6-4-2/h11-14H,3-10H2,1-2H3. The molecule has 0 aromatic rings. The fourth-order valence-electron chi connectivity index (χ4n) is 3.43. The van der Waals surface area contributed by atoms with Crippen LogP contribution in [-0.4, -0.2) is 51.0 Å². The zero-order valence-electron chi connectivity index (χ0n) is 12.8. The predicted molar refractivity (Wildman–Crippen MR) is 82.9 cm³/mol. The van der Waals surface area contributed by atoms with Crippen LogP contribution in [0.25, 0.3) is 0 Å². The van der Waals surface area contributed by atoms with Gasteiger partial charge in [-0.3, -0.25) is 0 Å². The van der Waals surface area contributed by atoms with Gasteiger partial charge in [-0.05, 0) is 25.7 Å². The lowest BCUT2D eigenvalue weighted by Gasteiger charge is -2.27. The maximum Gasteiger partial charge on any atom is 0.157 e. The smallest absolute Gasteiger partial charge is 0.157 e. The molecule has 2 rings (SSSR count). The minimum Gasteiger partial charge on any atom is -0.372 e. The van der Waals surface area contributed by atoms with Crippen LogP contribution in [0.1, 0.15) is 52.4 Å². The first kappa shape index (κ1) is 17.2. The summed E-state index contributed by atoms with van der Waals surface area (Å²) in [6.07, 6.45) is 3.23. The fourth-order valence-corrected chi connectivity index (χ4v) is 8.87. The van der Waals surface area contributed by atoms with Gasteiger partial charge in [-0.25, -0.2) is 16.8 Å². The van der Waals surface area contributed by atoms with E-state index in [4.69, 9.17) is 4.74 Å². The van der Waals surface area contributed by atoms with Gasteiger partial charge in [-0.15, -0.1) is 0 Å². The quantitative estimate of drug-likeness (QED) is 0.673. The summed E-state index contributed by atoms with van der Waals surface area (Å²) in [5.41, 5.74) is 0. The Kier molecular flexibility index (Phi) is 5.36. The molecule has 0 spiro atoms. The molecule has 0 radical (unpaired) electrons. The second kappa shape index (κ2) is 6.54. The van der Waals surface area contributed by atoms with E-state index in [1.807, 2.05) is 13.8 Å². The van der Waals surface area contributed by atoms with Gasteiger partial charge in [-0.1, -0.05) is 26.7 Å². The molecule has 4 atom stereocenters. The monoisotopic (exact) mass is 338 g/mol. The lowest BCUT2D eigenvalue weighted by molar-refractivity contribution is 0.106. The summed E-state index contributed by atoms with van der Waals surface area (Å²) in [6, 6.07) is 0. The Hall–Kier alpha value is -0.140. The van der Waals surface area contributed by atoms with Crippen LogP contribution in [0.3, 0.4) is 0 Å². The van der Waals surface area contributed by atoms with E-state index in [1.54, 1.807) is 0 Å². The third kappa shape index (κ3) is 3.45. The number of fused-ring (bicyclic) bond motifs is 2. The summed E-state index contributed by atoms with van der Waals surface area (Å²) in [6.45, 7) is 3.87. The summed E-state index contributed by atoms with van der Waals surface area (Å²) < 4.78 is 55.9. The van der Waals surface area contributed by atoms with Crippen molar-refractivity contribution in [3.05, 3.63) is 0 Å². The van der Waals surface area contributed by atoms with E-state index in [0.29, 0.717) is 25.7 Å². The van der Waals surface area contributed by atoms with Crippen LogP contribution >= 0.6 is 0 Å². The summed E-state index contributed by atoms with van der Waals surface area (Å²) >= 11 is 0. The van der Waals surface area contributed by atoms with Crippen LogP contribution in [0.2, 0.25) is 0 Å². The molecule has 2 bridgehead atoms. The molecular formula is C14H26O5S2. The van der Waals surface area contributed by atoms with Crippen molar-refractivity contribution >= 4 is 19.7 Å². The van der Waals surface area contributed by atoms with Gasteiger partial charge in [-0.2, -0.15) is 0 Å². The van der Waals surface area contributed by atoms with E-state index in [0.717, 1.165) is 12.8 Å². The number of hydrogen-bond donors (Lipinski definition) is 0. The molecule has 7 heteroatoms. The third-order valence-electron chi connectivity index (χ3n) is 4.54. The molecule has 0 N–H and O–H groups in total. The first-order chi connectivity index (χ1) is 9.83. The van der Waals surface area contributed by atoms with Crippen LogP contribution < -0.4 is 0 Å². The number of sulfone groups is 2. The minimum absolute atomic E-state index is 0.0700. The van der Waals surface area contributed by atoms with Gasteiger partial charge in [0, 0.05) is 0 Å². The highest BCUT2D eigenvalue weighted by atomic mass is 32.2. The Morgan fingerprint density at radius 2 is 1.19 bits per heavy atom. The third-order valence-corrected chi connectivity index (χ3v) is 9.28. The number of ether oxygens (including phenoxy) is 1. The highest BCUT2D eigenvalue weighted by Gasteiger charge is 2.59. The minimum atomic E-state index is -3.41. The van der Waals surface area contributed by atoms with Crippen LogP contribution in [-0.2, 0) is 24.4 Å². The molecule has 2 aliphatic rings. The molecule has 2 aliphatic heterocycles. The molecule has 4 unspecified atom stereocenters. The van der Waals surface area contributed by atoms with Gasteiger partial charge in [0.2, 0.25) is 0 Å². The number of unbranched alkanes of at least 4 members (excludes halogenated alkanes) is 2. The van der Waals surface area contributed by atoms with Gasteiger partial charge in [0.1, 0.15) is 10.5 Å². The second-order valence-corrected chi connectivity index (χ2v) is 10.7. The molecule has 0 aliphatic carbocycles. The van der Waals surface area contributed by atoms with Crippen molar-refractivity contribution in [3.8, 4) is 0 Å². The molecule has 2 saturated heterocycles. The van der Waals surface area contributed by atoms with Crippen molar-refractivity contribution in [2.75, 3.05) is 11.5 Å². The summed E-state index contributed by atoms with van der Waals surface area (Å²) in [7, 11) is -6.83. The highest BCUT2D eigenvalue weighted by molar-refractivity contribution is 7.96. The molecule has 2 fully saturated rings. The summed E-state index contributed by atoms with van der Waals surface area (Å²) in [5, 5.41) is -1.69. The highest BCUT2D eigenvalue weighted by Crippen LogP contribution is 2.42. The van der Waals surface area contributed by atoms with E-state index in [2.05, 4.69) is 0 Å². The first-order valence-electron chi connectivity index (χ1n) is 7.92. The van der Waals surface area contributed by atoms with Crippen molar-refractivity contribution in [3.63, 3.8) is 0 Å². The van der Waals surface area contributed by atoms with Crippen molar-refractivity contribution in [2.45, 2.75) is 75.1 Å². The maximum absolute atomic E-state index is 12.6. The van der Waals surface area contributed by atoms with Crippen molar-refractivity contribution in [2.24, 2.45) is 0 Å². The first-order valence-corrected chi connectivity index (χ1v) is 11.3. The second-order valence-electron chi connectivity index (χ2n) is 6.16. The fraction of sp³-hybridized carbons (Fsp3) is 1.00. The van der Waals surface area contributed by atoms with Crippen molar-refractivity contribution < 1.29 is 21.6 Å². The Morgan fingerprint density at radius 1 is 0.810 bits per heavy atom. The van der Waals surface area contributed by atoms with Crippen molar-refractivity contribution in [1.29, 1.82) is 0 Å². The van der Waals surface area contributed by atoms with Gasteiger partial charge < -0.3 is 4.74 Å². The molecule has 0 amide bonds. The Morgan fingerprint density at radius 3 is 1.52 bits per heavy atom. The average molecular weight is 338 g/mol. The Labute approximate surface area is 128 Å². The molecule has 0 aromatic carbocycles. The molecule has 2 heterocycles. The molecule has 21 heavy (non-hydrogen) atoms. The van der Waals surface area contributed by atoms with E-state index in [1.165, 1.54) is 0 Å². The largest absolute Gasteiger partial charge is 0.372 e. The molecule has 0 saturated carbocycles. The molecular weight excluding hydrogens is 312 g/mol. The van der Waals surface area contributed by atoms with Crippen molar-refractivity contribution in [1.82, 2.24) is 0 Å². The van der Waals surface area contributed by atoms with E-state index in [9.17, 15) is 16.8 Å². The van der Waals surface area contributed by atoms with Crippen LogP contribution in [0.5, 0.6) is 0 Å². The zero-order valence-corrected chi connectivity index (χ0v) is 14.5. The van der Waals surface area contributed by atoms with E-state index in [-0.39, 0.29) is 11.5 Å². The normalized spacial score (nSPS) is 32.7. The van der Waals surface area contributed by atoms with Crippen LogP contribution in [0.15, 0.2) is 0 Å². The molecule has 124 valence electrons. The van der Waals surface area contributed by atoms with Gasteiger partial charge >= 0.3 is 0 Å². The van der Waals surface area contributed by atoms with Gasteiger partial charge in [0.05, 0.1) is 23.7 Å². The van der Waals surface area contributed by atoms with Gasteiger partial charge in [0.25, 0.3) is 0 Å². The predicted octanol–water partition coefficient (Wildman–Crippen LogP) is 1.71. The lowest BCUT2D eigenvalue weighted by atomic mass is 10.00. The molecule has 0 aromatic heterocycles. The number of hydrogen-bond acceptors (Lipinski definition) is 5. The maximum atomic E-state index is 12.6. The molecule has 5 nitrogen and oxygen atoms in total. The zero-order chi connectivity index (χ0) is 15.7. The average Bonchev–Trinajstić information content (AvgIpc) is 3.04. The van der Waals surface area contributed by atoms with E-state index >= 15 is 0 Å². The van der Waals surface area contributed by atoms with Crippen LogP contribution in [0, 0.1) is 0 Å². The Balaban J connectivity index is 2.26. The SMILES string of the molecule is CCCCS(=O)(=O)C1C2CCC(O2)C1S(=O)(=O)CCCC. The number of rotatable bonds is 8. The van der Waals surface area contributed by atoms with Gasteiger partial charge in [0.15, 0.2) is 19.7 Å². The topological polar surface area (TPSA) is 77.5 Å². The van der Waals surface area contributed by atoms with Crippen LogP contribution in [0.4, 0.5) is 0 Å². The summed E-state index contributed by atoms with van der Waals surface area (Å²) in [5.74, 6) is 0.140. The lowest BCUT2D eigenvalue weighted by Crippen LogP contribution is -2.48.